The third-order valence-electron chi connectivity index (χ3n) is 2.58. The maximum Gasteiger partial charge on any atom is 0.233 e. The van der Waals surface area contributed by atoms with Crippen LogP contribution in [0.25, 0.3) is 0 Å². The van der Waals surface area contributed by atoms with Gasteiger partial charge < -0.3 is 10.1 Å². The quantitative estimate of drug-likeness (QED) is 0.800. The number of methoxy groups -OCH3 is 1. The third kappa shape index (κ3) is 4.65. The van der Waals surface area contributed by atoms with E-state index in [-0.39, 0.29) is 24.8 Å². The minimum atomic E-state index is -0.119. The van der Waals surface area contributed by atoms with Crippen molar-refractivity contribution in [2.24, 2.45) is 0 Å². The number of benzene rings is 1. The molecule has 0 heterocycles. The van der Waals surface area contributed by atoms with E-state index >= 15 is 0 Å². The molecule has 0 saturated carbocycles. The molecule has 1 aromatic carbocycles. The number of ketones is 1. The van der Waals surface area contributed by atoms with Gasteiger partial charge in [0.25, 0.3) is 0 Å². The fraction of sp³-hybridized carbons (Fsp3) is 0.385. The Bertz CT molecular complexity index is 477. The van der Waals surface area contributed by atoms with Crippen molar-refractivity contribution in [2.75, 3.05) is 34.3 Å². The Morgan fingerprint density at radius 1 is 1.37 bits per heavy atom. The van der Waals surface area contributed by atoms with E-state index < -0.39 is 0 Å². The SMILES string of the molecule is CNC(=O)CN(C)CC(=O)c1ccc(OC)c(Br)c1. The largest absolute Gasteiger partial charge is 0.496 e. The number of hydrogen-bond donors (Lipinski definition) is 1. The number of halogens is 1. The Kier molecular flexibility index (Phi) is 5.98. The molecule has 0 radical (unpaired) electrons. The van der Waals surface area contributed by atoms with Gasteiger partial charge in [-0.1, -0.05) is 0 Å². The zero-order valence-corrected chi connectivity index (χ0v) is 12.8. The van der Waals surface area contributed by atoms with Crippen LogP contribution in [-0.2, 0) is 4.79 Å². The maximum absolute atomic E-state index is 12.0. The van der Waals surface area contributed by atoms with Crippen molar-refractivity contribution in [3.05, 3.63) is 28.2 Å². The number of Topliss-reactive ketones (excluding diaryl/α,β-unsaturated/α-hetero) is 1. The molecule has 0 unspecified atom stereocenters. The summed E-state index contributed by atoms with van der Waals surface area (Å²) in [6.45, 7) is 0.381. The number of likely N-dealkylation sites (N-methyl/N-ethyl adjacent to an activating group) is 2. The summed E-state index contributed by atoms with van der Waals surface area (Å²) in [6, 6.07) is 5.16. The van der Waals surface area contributed by atoms with E-state index in [1.165, 1.54) is 0 Å². The lowest BCUT2D eigenvalue weighted by Gasteiger charge is -2.14. The molecule has 1 amide bonds. The first-order valence-electron chi connectivity index (χ1n) is 5.73. The monoisotopic (exact) mass is 328 g/mol. The van der Waals surface area contributed by atoms with Crippen molar-refractivity contribution in [1.29, 1.82) is 0 Å². The van der Waals surface area contributed by atoms with Crippen molar-refractivity contribution in [1.82, 2.24) is 10.2 Å². The Morgan fingerprint density at radius 2 is 2.05 bits per heavy atom. The second kappa shape index (κ2) is 7.25. The van der Waals surface area contributed by atoms with E-state index in [1.54, 1.807) is 44.3 Å². The first-order chi connectivity index (χ1) is 8.97. The second-order valence-corrected chi connectivity index (χ2v) is 4.97. The number of nitrogens with zero attached hydrogens (tertiary/aromatic N) is 1. The molecule has 1 rings (SSSR count). The van der Waals surface area contributed by atoms with Crippen molar-refractivity contribution >= 4 is 27.6 Å². The number of carbonyl (C=O) groups is 2. The Balaban J connectivity index is 2.68. The van der Waals surface area contributed by atoms with Gasteiger partial charge in [0.15, 0.2) is 5.78 Å². The predicted molar refractivity (Wildman–Crippen MR) is 76.6 cm³/mol. The average Bonchev–Trinajstić information content (AvgIpc) is 2.38. The van der Waals surface area contributed by atoms with Crippen molar-refractivity contribution in [3.63, 3.8) is 0 Å². The molecule has 0 atom stereocenters. The van der Waals surface area contributed by atoms with Crippen LogP contribution in [0, 0.1) is 0 Å². The first kappa shape index (κ1) is 15.7. The molecule has 1 N–H and O–H groups in total. The molecule has 0 spiro atoms. The summed E-state index contributed by atoms with van der Waals surface area (Å²) in [4.78, 5) is 24.9. The molecular formula is C13H17BrN2O3. The molecule has 0 fully saturated rings. The molecule has 0 aromatic heterocycles. The molecule has 0 aliphatic rings. The zero-order chi connectivity index (χ0) is 14.4. The topological polar surface area (TPSA) is 58.6 Å². The van der Waals surface area contributed by atoms with Crippen LogP contribution in [0.5, 0.6) is 5.75 Å². The van der Waals surface area contributed by atoms with Gasteiger partial charge in [0, 0.05) is 12.6 Å². The Labute approximate surface area is 121 Å². The maximum atomic E-state index is 12.0. The van der Waals surface area contributed by atoms with E-state index in [9.17, 15) is 9.59 Å². The van der Waals surface area contributed by atoms with E-state index in [0.29, 0.717) is 11.3 Å². The summed E-state index contributed by atoms with van der Waals surface area (Å²) >= 11 is 3.34. The summed E-state index contributed by atoms with van der Waals surface area (Å²) in [7, 11) is 4.86. The number of ether oxygens (including phenoxy) is 1. The van der Waals surface area contributed by atoms with Gasteiger partial charge in [-0.05, 0) is 41.2 Å². The van der Waals surface area contributed by atoms with Gasteiger partial charge >= 0.3 is 0 Å². The summed E-state index contributed by atoms with van der Waals surface area (Å²) < 4.78 is 5.84. The minimum absolute atomic E-state index is 0.0465. The van der Waals surface area contributed by atoms with Gasteiger partial charge in [-0.2, -0.15) is 0 Å². The third-order valence-corrected chi connectivity index (χ3v) is 3.20. The lowest BCUT2D eigenvalue weighted by atomic mass is 10.1. The highest BCUT2D eigenvalue weighted by molar-refractivity contribution is 9.10. The minimum Gasteiger partial charge on any atom is -0.496 e. The number of rotatable bonds is 6. The van der Waals surface area contributed by atoms with Crippen molar-refractivity contribution < 1.29 is 14.3 Å². The lowest BCUT2D eigenvalue weighted by Crippen LogP contribution is -2.36. The molecule has 0 bridgehead atoms. The average molecular weight is 329 g/mol. The number of hydrogen-bond acceptors (Lipinski definition) is 4. The summed E-state index contributed by atoms with van der Waals surface area (Å²) in [5.41, 5.74) is 0.580. The number of nitrogens with one attached hydrogen (secondary N) is 1. The molecule has 0 saturated heterocycles. The van der Waals surface area contributed by atoms with Gasteiger partial charge in [0.05, 0.1) is 24.7 Å². The van der Waals surface area contributed by atoms with Gasteiger partial charge in [-0.3, -0.25) is 14.5 Å². The molecule has 19 heavy (non-hydrogen) atoms. The molecular weight excluding hydrogens is 312 g/mol. The highest BCUT2D eigenvalue weighted by atomic mass is 79.9. The predicted octanol–water partition coefficient (Wildman–Crippen LogP) is 1.32. The van der Waals surface area contributed by atoms with Gasteiger partial charge in [-0.15, -0.1) is 0 Å². The van der Waals surface area contributed by atoms with Gasteiger partial charge in [-0.25, -0.2) is 0 Å². The van der Waals surface area contributed by atoms with Gasteiger partial charge in [0.1, 0.15) is 5.75 Å². The highest BCUT2D eigenvalue weighted by Crippen LogP contribution is 2.25. The highest BCUT2D eigenvalue weighted by Gasteiger charge is 2.13. The molecule has 104 valence electrons. The molecule has 5 nitrogen and oxygen atoms in total. The lowest BCUT2D eigenvalue weighted by molar-refractivity contribution is -0.121. The summed E-state index contributed by atoms with van der Waals surface area (Å²) in [5.74, 6) is 0.510. The van der Waals surface area contributed by atoms with Crippen molar-refractivity contribution in [2.45, 2.75) is 0 Å². The Morgan fingerprint density at radius 3 is 2.58 bits per heavy atom. The van der Waals surface area contributed by atoms with E-state index in [1.807, 2.05) is 0 Å². The molecule has 0 aliphatic heterocycles. The van der Waals surface area contributed by atoms with Gasteiger partial charge in [0.2, 0.25) is 5.91 Å². The molecule has 0 aliphatic carbocycles. The fourth-order valence-electron chi connectivity index (χ4n) is 1.56. The number of amides is 1. The zero-order valence-electron chi connectivity index (χ0n) is 11.2. The van der Waals surface area contributed by atoms with Crippen LogP contribution in [0.2, 0.25) is 0 Å². The van der Waals surface area contributed by atoms with Crippen LogP contribution < -0.4 is 10.1 Å². The van der Waals surface area contributed by atoms with Crippen LogP contribution in [0.3, 0.4) is 0 Å². The van der Waals surface area contributed by atoms with Crippen LogP contribution in [0.15, 0.2) is 22.7 Å². The van der Waals surface area contributed by atoms with Crippen LogP contribution >= 0.6 is 15.9 Å². The standard InChI is InChI=1S/C13H17BrN2O3/c1-15-13(18)8-16(2)7-11(17)9-4-5-12(19-3)10(14)6-9/h4-6H,7-8H2,1-3H3,(H,15,18). The fourth-order valence-corrected chi connectivity index (χ4v) is 2.10. The number of carbonyl (C=O) groups excluding carboxylic acids is 2. The first-order valence-corrected chi connectivity index (χ1v) is 6.53. The Hall–Kier alpha value is -1.40. The summed E-state index contributed by atoms with van der Waals surface area (Å²) in [6.07, 6.45) is 0. The normalized spacial score (nSPS) is 10.4. The molecule has 1 aromatic rings. The van der Waals surface area contributed by atoms with E-state index in [2.05, 4.69) is 21.2 Å². The van der Waals surface area contributed by atoms with Crippen LogP contribution in [-0.4, -0.2) is 50.9 Å². The second-order valence-electron chi connectivity index (χ2n) is 4.12. The van der Waals surface area contributed by atoms with Crippen LogP contribution in [0.4, 0.5) is 0 Å². The van der Waals surface area contributed by atoms with E-state index in [4.69, 9.17) is 4.74 Å². The van der Waals surface area contributed by atoms with Crippen LogP contribution in [0.1, 0.15) is 10.4 Å². The van der Waals surface area contributed by atoms with E-state index in [0.717, 1.165) is 4.47 Å². The summed E-state index contributed by atoms with van der Waals surface area (Å²) in [5, 5.41) is 2.52. The van der Waals surface area contributed by atoms with Crippen molar-refractivity contribution in [3.8, 4) is 5.75 Å². The smallest absolute Gasteiger partial charge is 0.233 e. The molecule has 6 heteroatoms.